The third kappa shape index (κ3) is 0.901. The maximum absolute atomic E-state index is 4.12. The van der Waals surface area contributed by atoms with Crippen LogP contribution in [0, 0.1) is 0 Å². The molecular weight excluding hydrogens is 134 g/mol. The Morgan fingerprint density at radius 2 is 2.00 bits per heavy atom. The second-order valence-corrected chi connectivity index (χ2v) is 4.25. The summed E-state index contributed by atoms with van der Waals surface area (Å²) < 4.78 is 0. The fourth-order valence-electron chi connectivity index (χ4n) is 2.50. The molecule has 1 heterocycles. The normalized spacial score (nSPS) is 27.2. The Labute approximate surface area is 69.1 Å². The van der Waals surface area contributed by atoms with Crippen LogP contribution in [0.4, 0.5) is 0 Å². The predicted molar refractivity (Wildman–Crippen MR) is 47.3 cm³/mol. The van der Waals surface area contributed by atoms with Gasteiger partial charge in [0.05, 0.1) is 0 Å². The summed E-state index contributed by atoms with van der Waals surface area (Å²) in [7, 11) is 0. The molecule has 0 amide bonds. The summed E-state index contributed by atoms with van der Waals surface area (Å²) in [6, 6.07) is 0.660. The van der Waals surface area contributed by atoms with Gasteiger partial charge in [-0.2, -0.15) is 0 Å². The maximum atomic E-state index is 4.12. The molecule has 0 aromatic heterocycles. The summed E-state index contributed by atoms with van der Waals surface area (Å²) in [5.74, 6) is 0. The van der Waals surface area contributed by atoms with Crippen molar-refractivity contribution < 1.29 is 0 Å². The van der Waals surface area contributed by atoms with Crippen LogP contribution in [0.5, 0.6) is 0 Å². The van der Waals surface area contributed by atoms with Crippen molar-refractivity contribution in [2.24, 2.45) is 0 Å². The van der Waals surface area contributed by atoms with Crippen LogP contribution in [-0.4, -0.2) is 16.5 Å². The Bertz CT molecular complexity index is 189. The van der Waals surface area contributed by atoms with Gasteiger partial charge in [-0.15, -0.1) is 0 Å². The van der Waals surface area contributed by atoms with E-state index < -0.39 is 0 Å². The molecule has 2 aliphatic rings. The molecule has 0 atom stereocenters. The summed E-state index contributed by atoms with van der Waals surface area (Å²) in [6.07, 6.45) is 5.41. The van der Waals surface area contributed by atoms with E-state index in [0.29, 0.717) is 11.6 Å². The molecule has 2 fully saturated rings. The quantitative estimate of drug-likeness (QED) is 0.556. The standard InChI is InChI=1S/C10H17N/c1-8(2)11-9(3)4-5-10(11)6-7-10/h8H,3-7H2,1-2H3. The predicted octanol–water partition coefficient (Wildman–Crippen LogP) is 2.54. The second-order valence-electron chi connectivity index (χ2n) is 4.25. The van der Waals surface area contributed by atoms with Gasteiger partial charge in [0.15, 0.2) is 0 Å². The van der Waals surface area contributed by atoms with Crippen LogP contribution in [0.3, 0.4) is 0 Å². The zero-order valence-electron chi connectivity index (χ0n) is 7.56. The van der Waals surface area contributed by atoms with Crippen molar-refractivity contribution in [3.8, 4) is 0 Å². The van der Waals surface area contributed by atoms with E-state index in [1.165, 1.54) is 31.4 Å². The Morgan fingerprint density at radius 1 is 1.36 bits per heavy atom. The van der Waals surface area contributed by atoms with E-state index in [4.69, 9.17) is 0 Å². The molecule has 0 N–H and O–H groups in total. The summed E-state index contributed by atoms with van der Waals surface area (Å²) >= 11 is 0. The maximum Gasteiger partial charge on any atom is 0.0407 e. The molecule has 1 heteroatoms. The lowest BCUT2D eigenvalue weighted by molar-refractivity contribution is 0.224. The van der Waals surface area contributed by atoms with Crippen molar-refractivity contribution >= 4 is 0 Å². The van der Waals surface area contributed by atoms with Crippen molar-refractivity contribution in [2.45, 2.75) is 51.1 Å². The summed E-state index contributed by atoms with van der Waals surface area (Å²) in [5, 5.41) is 0. The van der Waals surface area contributed by atoms with Gasteiger partial charge in [0.2, 0.25) is 0 Å². The minimum Gasteiger partial charge on any atom is -0.367 e. The van der Waals surface area contributed by atoms with Gasteiger partial charge >= 0.3 is 0 Å². The second kappa shape index (κ2) is 2.02. The molecule has 0 bridgehead atoms. The minimum atomic E-state index is 0.589. The van der Waals surface area contributed by atoms with E-state index in [1.807, 2.05) is 0 Å². The van der Waals surface area contributed by atoms with Crippen molar-refractivity contribution in [2.75, 3.05) is 0 Å². The van der Waals surface area contributed by atoms with Gasteiger partial charge in [0.1, 0.15) is 0 Å². The van der Waals surface area contributed by atoms with E-state index >= 15 is 0 Å². The zero-order valence-corrected chi connectivity index (χ0v) is 7.56. The van der Waals surface area contributed by atoms with Crippen molar-refractivity contribution in [3.63, 3.8) is 0 Å². The summed E-state index contributed by atoms with van der Waals surface area (Å²) in [6.45, 7) is 8.67. The Hall–Kier alpha value is -0.460. The number of hydrogen-bond donors (Lipinski definition) is 0. The molecule has 62 valence electrons. The molecule has 1 aliphatic carbocycles. The molecule has 1 saturated heterocycles. The largest absolute Gasteiger partial charge is 0.367 e. The number of rotatable bonds is 1. The van der Waals surface area contributed by atoms with Gasteiger partial charge in [-0.1, -0.05) is 6.58 Å². The van der Waals surface area contributed by atoms with E-state index in [1.54, 1.807) is 0 Å². The Morgan fingerprint density at radius 3 is 2.36 bits per heavy atom. The molecule has 0 unspecified atom stereocenters. The van der Waals surface area contributed by atoms with Crippen LogP contribution in [0.2, 0.25) is 0 Å². The lowest BCUT2D eigenvalue weighted by Crippen LogP contribution is -2.35. The SMILES string of the molecule is C=C1CCC2(CC2)N1C(C)C. The topological polar surface area (TPSA) is 3.24 Å². The van der Waals surface area contributed by atoms with Crippen LogP contribution in [0.1, 0.15) is 39.5 Å². The third-order valence-corrected chi connectivity index (χ3v) is 3.07. The van der Waals surface area contributed by atoms with Gasteiger partial charge in [0, 0.05) is 17.3 Å². The highest BCUT2D eigenvalue weighted by molar-refractivity contribution is 5.19. The first kappa shape index (κ1) is 7.20. The molecule has 1 aliphatic heterocycles. The van der Waals surface area contributed by atoms with Crippen LogP contribution in [0.15, 0.2) is 12.3 Å². The molecule has 0 aromatic carbocycles. The number of allylic oxidation sites excluding steroid dienone is 1. The van der Waals surface area contributed by atoms with E-state index in [2.05, 4.69) is 25.3 Å². The number of likely N-dealkylation sites (tertiary alicyclic amines) is 1. The van der Waals surface area contributed by atoms with Crippen LogP contribution in [0.25, 0.3) is 0 Å². The first-order valence-electron chi connectivity index (χ1n) is 4.63. The average molecular weight is 151 g/mol. The lowest BCUT2D eigenvalue weighted by Gasteiger charge is -2.31. The molecule has 1 spiro atoms. The summed E-state index contributed by atoms with van der Waals surface area (Å²) in [5.41, 5.74) is 1.96. The van der Waals surface area contributed by atoms with Crippen molar-refractivity contribution in [1.29, 1.82) is 0 Å². The lowest BCUT2D eigenvalue weighted by atomic mass is 10.2. The Kier molecular flexibility index (Phi) is 1.33. The van der Waals surface area contributed by atoms with E-state index in [0.717, 1.165) is 0 Å². The van der Waals surface area contributed by atoms with Crippen molar-refractivity contribution in [1.82, 2.24) is 4.90 Å². The van der Waals surface area contributed by atoms with Crippen LogP contribution < -0.4 is 0 Å². The highest BCUT2D eigenvalue weighted by atomic mass is 15.3. The number of nitrogens with zero attached hydrogens (tertiary/aromatic N) is 1. The van der Waals surface area contributed by atoms with Crippen LogP contribution in [-0.2, 0) is 0 Å². The highest BCUT2D eigenvalue weighted by Crippen LogP contribution is 2.53. The van der Waals surface area contributed by atoms with Gasteiger partial charge < -0.3 is 4.90 Å². The first-order chi connectivity index (χ1) is 5.16. The first-order valence-corrected chi connectivity index (χ1v) is 4.63. The van der Waals surface area contributed by atoms with E-state index in [-0.39, 0.29) is 0 Å². The summed E-state index contributed by atoms with van der Waals surface area (Å²) in [4.78, 5) is 2.55. The molecule has 0 radical (unpaired) electrons. The Balaban J connectivity index is 2.20. The molecule has 2 rings (SSSR count). The van der Waals surface area contributed by atoms with Crippen LogP contribution >= 0.6 is 0 Å². The molecule has 11 heavy (non-hydrogen) atoms. The van der Waals surface area contributed by atoms with Crippen molar-refractivity contribution in [3.05, 3.63) is 12.3 Å². The van der Waals surface area contributed by atoms with E-state index in [9.17, 15) is 0 Å². The molecule has 1 saturated carbocycles. The fraction of sp³-hybridized carbons (Fsp3) is 0.800. The highest BCUT2D eigenvalue weighted by Gasteiger charge is 2.52. The number of hydrogen-bond acceptors (Lipinski definition) is 1. The van der Waals surface area contributed by atoms with Gasteiger partial charge in [-0.05, 0) is 39.5 Å². The molecule has 1 nitrogen and oxygen atoms in total. The molecule has 0 aromatic rings. The minimum absolute atomic E-state index is 0.589. The van der Waals surface area contributed by atoms with Gasteiger partial charge in [0.25, 0.3) is 0 Å². The molecular formula is C10H17N. The monoisotopic (exact) mass is 151 g/mol. The smallest absolute Gasteiger partial charge is 0.0407 e. The zero-order chi connectivity index (χ0) is 8.06. The average Bonchev–Trinajstić information content (AvgIpc) is 2.56. The fourth-order valence-corrected chi connectivity index (χ4v) is 2.50. The van der Waals surface area contributed by atoms with Gasteiger partial charge in [-0.3, -0.25) is 0 Å². The van der Waals surface area contributed by atoms with Gasteiger partial charge in [-0.25, -0.2) is 0 Å². The third-order valence-electron chi connectivity index (χ3n) is 3.07.